The van der Waals surface area contributed by atoms with Crippen LogP contribution in [0.1, 0.15) is 25.7 Å². The number of thioether (sulfide) groups is 1. The fraction of sp³-hybridized carbons (Fsp3) is 0.412. The van der Waals surface area contributed by atoms with Crippen LogP contribution in [-0.4, -0.2) is 39.7 Å². The Morgan fingerprint density at radius 1 is 1.00 bits per heavy atom. The number of nitrogens with one attached hydrogen (secondary N) is 1. The van der Waals surface area contributed by atoms with E-state index >= 15 is 0 Å². The standard InChI is InChI=1S/C17H23N7OS/c18-15-21-16(19)23-17(22-15)26-11-14(25)20-12-5-7-13(8-6-12)24-9-3-1-2-4-10-24/h5-8H,1-4,9-11H2,(H,20,25)(H4,18,19,21,22,23). The molecule has 3 rings (SSSR count). The summed E-state index contributed by atoms with van der Waals surface area (Å²) in [5, 5.41) is 3.21. The van der Waals surface area contributed by atoms with Crippen molar-refractivity contribution in [3.8, 4) is 0 Å². The highest BCUT2D eigenvalue weighted by Crippen LogP contribution is 2.22. The summed E-state index contributed by atoms with van der Waals surface area (Å²) in [6.07, 6.45) is 5.09. The molecule has 1 aliphatic heterocycles. The molecule has 1 fully saturated rings. The van der Waals surface area contributed by atoms with Crippen LogP contribution in [0.4, 0.5) is 23.3 Å². The van der Waals surface area contributed by atoms with Crippen LogP contribution in [0.25, 0.3) is 0 Å². The van der Waals surface area contributed by atoms with Crippen LogP contribution in [0.15, 0.2) is 29.4 Å². The Morgan fingerprint density at radius 2 is 1.62 bits per heavy atom. The van der Waals surface area contributed by atoms with Crippen molar-refractivity contribution >= 4 is 40.9 Å². The maximum atomic E-state index is 12.1. The number of hydrogen-bond acceptors (Lipinski definition) is 8. The summed E-state index contributed by atoms with van der Waals surface area (Å²) in [6.45, 7) is 2.20. The monoisotopic (exact) mass is 373 g/mol. The molecule has 1 amide bonds. The SMILES string of the molecule is Nc1nc(N)nc(SCC(=O)Nc2ccc(N3CCCCCC3)cc2)n1. The number of amides is 1. The zero-order chi connectivity index (χ0) is 18.4. The number of nitrogen functional groups attached to an aromatic ring is 2. The van der Waals surface area contributed by atoms with Crippen molar-refractivity contribution in [2.24, 2.45) is 0 Å². The first kappa shape index (κ1) is 18.2. The number of carbonyl (C=O) groups excluding carboxylic acids is 1. The molecular formula is C17H23N7OS. The maximum Gasteiger partial charge on any atom is 0.234 e. The van der Waals surface area contributed by atoms with E-state index in [2.05, 4.69) is 37.3 Å². The lowest BCUT2D eigenvalue weighted by Gasteiger charge is -2.22. The molecule has 0 atom stereocenters. The summed E-state index contributed by atoms with van der Waals surface area (Å²) >= 11 is 1.16. The van der Waals surface area contributed by atoms with E-state index < -0.39 is 0 Å². The zero-order valence-electron chi connectivity index (χ0n) is 14.5. The van der Waals surface area contributed by atoms with Crippen LogP contribution in [0.5, 0.6) is 0 Å². The Balaban J connectivity index is 1.52. The number of rotatable bonds is 5. The second-order valence-electron chi connectivity index (χ2n) is 6.12. The molecule has 9 heteroatoms. The predicted molar refractivity (Wildman–Crippen MR) is 105 cm³/mol. The van der Waals surface area contributed by atoms with Gasteiger partial charge in [0.1, 0.15) is 0 Å². The maximum absolute atomic E-state index is 12.1. The van der Waals surface area contributed by atoms with Crippen LogP contribution >= 0.6 is 11.8 Å². The minimum Gasteiger partial charge on any atom is -0.372 e. The predicted octanol–water partition coefficient (Wildman–Crippen LogP) is 2.15. The van der Waals surface area contributed by atoms with Crippen LogP contribution in [0, 0.1) is 0 Å². The van der Waals surface area contributed by atoms with E-state index in [1.165, 1.54) is 31.4 Å². The Bertz CT molecular complexity index is 725. The molecule has 138 valence electrons. The number of aromatic nitrogens is 3. The van der Waals surface area contributed by atoms with Gasteiger partial charge in [-0.3, -0.25) is 4.79 Å². The van der Waals surface area contributed by atoms with Crippen molar-refractivity contribution in [3.63, 3.8) is 0 Å². The largest absolute Gasteiger partial charge is 0.372 e. The van der Waals surface area contributed by atoms with Gasteiger partial charge in [0, 0.05) is 24.5 Å². The summed E-state index contributed by atoms with van der Waals surface area (Å²) < 4.78 is 0. The van der Waals surface area contributed by atoms with Crippen molar-refractivity contribution < 1.29 is 4.79 Å². The molecule has 8 nitrogen and oxygen atoms in total. The van der Waals surface area contributed by atoms with Gasteiger partial charge in [-0.05, 0) is 37.1 Å². The number of nitrogens with two attached hydrogens (primary N) is 2. The van der Waals surface area contributed by atoms with E-state index in [-0.39, 0.29) is 23.6 Å². The minimum atomic E-state index is -0.143. The van der Waals surface area contributed by atoms with Crippen LogP contribution in [0.3, 0.4) is 0 Å². The Kier molecular flexibility index (Phi) is 6.11. The van der Waals surface area contributed by atoms with Crippen molar-refractivity contribution in [3.05, 3.63) is 24.3 Å². The first-order valence-corrected chi connectivity index (χ1v) is 9.63. The zero-order valence-corrected chi connectivity index (χ0v) is 15.3. The lowest BCUT2D eigenvalue weighted by atomic mass is 10.2. The van der Waals surface area contributed by atoms with E-state index in [9.17, 15) is 4.79 Å². The van der Waals surface area contributed by atoms with E-state index in [0.29, 0.717) is 5.16 Å². The van der Waals surface area contributed by atoms with Crippen molar-refractivity contribution in [1.82, 2.24) is 15.0 Å². The number of anilines is 4. The summed E-state index contributed by atoms with van der Waals surface area (Å²) in [5.74, 6) is 0.112. The average molecular weight is 373 g/mol. The molecule has 0 radical (unpaired) electrons. The van der Waals surface area contributed by atoms with Gasteiger partial charge in [0.15, 0.2) is 5.16 Å². The van der Waals surface area contributed by atoms with Crippen LogP contribution < -0.4 is 21.7 Å². The molecule has 1 aliphatic rings. The third kappa shape index (κ3) is 5.22. The molecule has 2 aromatic rings. The second kappa shape index (κ2) is 8.70. The fourth-order valence-corrected chi connectivity index (χ4v) is 3.51. The molecule has 0 aliphatic carbocycles. The molecule has 0 saturated carbocycles. The number of benzene rings is 1. The van der Waals surface area contributed by atoms with Crippen molar-refractivity contribution in [2.45, 2.75) is 30.8 Å². The smallest absolute Gasteiger partial charge is 0.234 e. The van der Waals surface area contributed by atoms with Crippen molar-refractivity contribution in [1.29, 1.82) is 0 Å². The third-order valence-corrected chi connectivity index (χ3v) is 4.95. The third-order valence-electron chi connectivity index (χ3n) is 4.10. The minimum absolute atomic E-state index is 0.0458. The van der Waals surface area contributed by atoms with Gasteiger partial charge in [0.2, 0.25) is 17.8 Å². The molecule has 26 heavy (non-hydrogen) atoms. The summed E-state index contributed by atoms with van der Waals surface area (Å²) in [7, 11) is 0. The quantitative estimate of drug-likeness (QED) is 0.681. The first-order valence-electron chi connectivity index (χ1n) is 8.65. The van der Waals surface area contributed by atoms with Gasteiger partial charge in [-0.25, -0.2) is 0 Å². The normalized spacial score (nSPS) is 14.7. The van der Waals surface area contributed by atoms with E-state index in [0.717, 1.165) is 30.5 Å². The molecular weight excluding hydrogens is 350 g/mol. The van der Waals surface area contributed by atoms with Crippen LogP contribution in [-0.2, 0) is 4.79 Å². The van der Waals surface area contributed by atoms with Gasteiger partial charge >= 0.3 is 0 Å². The van der Waals surface area contributed by atoms with Gasteiger partial charge < -0.3 is 21.7 Å². The summed E-state index contributed by atoms with van der Waals surface area (Å²) in [4.78, 5) is 26.1. The van der Waals surface area contributed by atoms with Crippen LogP contribution in [0.2, 0.25) is 0 Å². The Labute approximate surface area is 156 Å². The van der Waals surface area contributed by atoms with E-state index in [1.807, 2.05) is 12.1 Å². The lowest BCUT2D eigenvalue weighted by molar-refractivity contribution is -0.113. The highest BCUT2D eigenvalue weighted by molar-refractivity contribution is 7.99. The fourth-order valence-electron chi connectivity index (χ4n) is 2.86. The van der Waals surface area contributed by atoms with E-state index in [4.69, 9.17) is 11.5 Å². The average Bonchev–Trinajstić information content (AvgIpc) is 2.89. The molecule has 5 N–H and O–H groups in total. The molecule has 2 heterocycles. The molecule has 1 aromatic heterocycles. The highest BCUT2D eigenvalue weighted by atomic mass is 32.2. The first-order chi connectivity index (χ1) is 12.6. The molecule has 0 bridgehead atoms. The lowest BCUT2D eigenvalue weighted by Crippen LogP contribution is -2.23. The Morgan fingerprint density at radius 3 is 2.23 bits per heavy atom. The van der Waals surface area contributed by atoms with E-state index in [1.54, 1.807) is 0 Å². The van der Waals surface area contributed by atoms with Gasteiger partial charge in [-0.2, -0.15) is 15.0 Å². The number of nitrogens with zero attached hydrogens (tertiary/aromatic N) is 4. The molecule has 0 unspecified atom stereocenters. The number of carbonyl (C=O) groups is 1. The summed E-state index contributed by atoms with van der Waals surface area (Å²) in [6, 6.07) is 7.98. The van der Waals surface area contributed by atoms with Gasteiger partial charge in [-0.1, -0.05) is 24.6 Å². The summed E-state index contributed by atoms with van der Waals surface area (Å²) in [5.41, 5.74) is 13.0. The number of hydrogen-bond donors (Lipinski definition) is 3. The molecule has 1 aromatic carbocycles. The van der Waals surface area contributed by atoms with Gasteiger partial charge in [-0.15, -0.1) is 0 Å². The van der Waals surface area contributed by atoms with Gasteiger partial charge in [0.05, 0.1) is 5.75 Å². The molecule has 0 spiro atoms. The highest BCUT2D eigenvalue weighted by Gasteiger charge is 2.11. The Hall–Kier alpha value is -2.55. The van der Waals surface area contributed by atoms with Gasteiger partial charge in [0.25, 0.3) is 0 Å². The molecule has 1 saturated heterocycles. The van der Waals surface area contributed by atoms with Crippen molar-refractivity contribution in [2.75, 3.05) is 40.5 Å². The topological polar surface area (TPSA) is 123 Å². The second-order valence-corrected chi connectivity index (χ2v) is 7.06.